The molecule has 100 valence electrons. The van der Waals surface area contributed by atoms with E-state index in [1.807, 2.05) is 4.90 Å². The monoisotopic (exact) mass is 252 g/mol. The molecule has 3 rings (SSSR count). The maximum Gasteiger partial charge on any atom is 0.327 e. The molecule has 3 amide bonds. The fourth-order valence-electron chi connectivity index (χ4n) is 3.12. The van der Waals surface area contributed by atoms with Crippen LogP contribution < -0.4 is 0 Å². The first-order valence-corrected chi connectivity index (χ1v) is 6.95. The fraction of sp³-hybridized carbons (Fsp3) is 0.846. The Bertz CT molecular complexity index is 367. The first kappa shape index (κ1) is 12.0. The summed E-state index contributed by atoms with van der Waals surface area (Å²) in [5.41, 5.74) is 0. The highest BCUT2D eigenvalue weighted by atomic mass is 16.5. The van der Waals surface area contributed by atoms with Crippen molar-refractivity contribution in [2.75, 3.05) is 19.8 Å². The van der Waals surface area contributed by atoms with Gasteiger partial charge in [-0.15, -0.1) is 0 Å². The Balaban J connectivity index is 1.86. The molecule has 0 radical (unpaired) electrons. The highest BCUT2D eigenvalue weighted by Gasteiger charge is 2.51. The Morgan fingerprint density at radius 3 is 2.67 bits per heavy atom. The normalized spacial score (nSPS) is 32.7. The minimum absolute atomic E-state index is 0.000414. The van der Waals surface area contributed by atoms with Gasteiger partial charge in [0.25, 0.3) is 0 Å². The molecule has 2 unspecified atom stereocenters. The molecule has 0 bridgehead atoms. The van der Waals surface area contributed by atoms with Crippen LogP contribution in [0.2, 0.25) is 0 Å². The predicted molar refractivity (Wildman–Crippen MR) is 65.0 cm³/mol. The van der Waals surface area contributed by atoms with Gasteiger partial charge in [0.05, 0.1) is 25.2 Å². The van der Waals surface area contributed by atoms with Crippen LogP contribution in [-0.2, 0) is 9.53 Å². The van der Waals surface area contributed by atoms with Crippen LogP contribution in [0.5, 0.6) is 0 Å². The molecule has 0 aromatic rings. The average Bonchev–Trinajstić information content (AvgIpc) is 2.76. The molecule has 5 nitrogen and oxygen atoms in total. The van der Waals surface area contributed by atoms with E-state index in [1.165, 1.54) is 4.90 Å². The molecule has 5 heteroatoms. The lowest BCUT2D eigenvalue weighted by Crippen LogP contribution is -2.64. The number of amides is 3. The summed E-state index contributed by atoms with van der Waals surface area (Å²) >= 11 is 0. The fourth-order valence-corrected chi connectivity index (χ4v) is 3.12. The number of fused-ring (bicyclic) bond motifs is 1. The molecule has 3 fully saturated rings. The van der Waals surface area contributed by atoms with Crippen LogP contribution in [0.3, 0.4) is 0 Å². The summed E-state index contributed by atoms with van der Waals surface area (Å²) in [5.74, 6) is -0.130. The highest BCUT2D eigenvalue weighted by molar-refractivity contribution is 5.99. The molecule has 0 aromatic carbocycles. The molecular weight excluding hydrogens is 232 g/mol. The smallest absolute Gasteiger partial charge is 0.327 e. The van der Waals surface area contributed by atoms with E-state index in [-0.39, 0.29) is 29.9 Å². The Morgan fingerprint density at radius 1 is 1.28 bits per heavy atom. The summed E-state index contributed by atoms with van der Waals surface area (Å²) < 4.78 is 5.43. The quantitative estimate of drug-likeness (QED) is 0.759. The third-order valence-corrected chi connectivity index (χ3v) is 4.36. The van der Waals surface area contributed by atoms with Gasteiger partial charge in [0.15, 0.2) is 0 Å². The summed E-state index contributed by atoms with van der Waals surface area (Å²) in [5, 5.41) is 0. The van der Waals surface area contributed by atoms with Crippen molar-refractivity contribution in [1.29, 1.82) is 0 Å². The van der Waals surface area contributed by atoms with Crippen LogP contribution in [0, 0.1) is 5.92 Å². The lowest BCUT2D eigenvalue weighted by molar-refractivity contribution is -0.141. The molecule has 1 aliphatic carbocycles. The van der Waals surface area contributed by atoms with Crippen molar-refractivity contribution in [3.63, 3.8) is 0 Å². The van der Waals surface area contributed by atoms with Crippen LogP contribution in [0.1, 0.15) is 32.6 Å². The number of ether oxygens (including phenoxy) is 1. The molecule has 18 heavy (non-hydrogen) atoms. The lowest BCUT2D eigenvalue weighted by atomic mass is 9.88. The lowest BCUT2D eigenvalue weighted by Gasteiger charge is -2.46. The number of carbonyl (C=O) groups is 2. The van der Waals surface area contributed by atoms with Gasteiger partial charge in [-0.05, 0) is 25.7 Å². The topological polar surface area (TPSA) is 49.9 Å². The largest absolute Gasteiger partial charge is 0.378 e. The number of nitrogens with zero attached hydrogens (tertiary/aromatic N) is 2. The van der Waals surface area contributed by atoms with E-state index in [0.29, 0.717) is 13.2 Å². The average molecular weight is 252 g/mol. The molecule has 2 aliphatic heterocycles. The number of hydrogen-bond acceptors (Lipinski definition) is 3. The molecule has 3 aliphatic rings. The molecule has 2 atom stereocenters. The summed E-state index contributed by atoms with van der Waals surface area (Å²) in [6.45, 7) is 3.77. The number of imide groups is 1. The first-order valence-electron chi connectivity index (χ1n) is 6.95. The summed E-state index contributed by atoms with van der Waals surface area (Å²) in [6, 6.07) is 0.0329. The molecule has 0 aromatic heterocycles. The second-order valence-electron chi connectivity index (χ2n) is 5.48. The van der Waals surface area contributed by atoms with Gasteiger partial charge >= 0.3 is 6.03 Å². The summed E-state index contributed by atoms with van der Waals surface area (Å²) in [6.07, 6.45) is 3.98. The van der Waals surface area contributed by atoms with Gasteiger partial charge in [-0.25, -0.2) is 4.79 Å². The molecular formula is C13H20N2O3. The van der Waals surface area contributed by atoms with Crippen LogP contribution in [0.25, 0.3) is 0 Å². The zero-order valence-electron chi connectivity index (χ0n) is 10.8. The summed E-state index contributed by atoms with van der Waals surface area (Å²) in [4.78, 5) is 28.3. The van der Waals surface area contributed by atoms with E-state index in [2.05, 4.69) is 6.92 Å². The van der Waals surface area contributed by atoms with Crippen LogP contribution in [0.4, 0.5) is 4.79 Å². The van der Waals surface area contributed by atoms with E-state index in [1.54, 1.807) is 0 Å². The maximum atomic E-state index is 12.5. The number of urea groups is 1. The summed E-state index contributed by atoms with van der Waals surface area (Å²) in [7, 11) is 0. The number of carbonyl (C=O) groups excluding carboxylic acids is 2. The van der Waals surface area contributed by atoms with Crippen LogP contribution >= 0.6 is 0 Å². The predicted octanol–water partition coefficient (Wildman–Crippen LogP) is 1.23. The van der Waals surface area contributed by atoms with E-state index >= 15 is 0 Å². The van der Waals surface area contributed by atoms with E-state index in [9.17, 15) is 9.59 Å². The Hall–Kier alpha value is -1.10. The van der Waals surface area contributed by atoms with Crippen molar-refractivity contribution in [3.05, 3.63) is 0 Å². The number of hydrogen-bond donors (Lipinski definition) is 0. The first-order chi connectivity index (χ1) is 8.74. The molecule has 1 saturated carbocycles. The van der Waals surface area contributed by atoms with E-state index in [0.717, 1.165) is 32.2 Å². The van der Waals surface area contributed by atoms with Crippen molar-refractivity contribution in [2.45, 2.75) is 44.7 Å². The van der Waals surface area contributed by atoms with E-state index < -0.39 is 0 Å². The Morgan fingerprint density at radius 2 is 2.06 bits per heavy atom. The van der Waals surface area contributed by atoms with E-state index in [4.69, 9.17) is 4.74 Å². The van der Waals surface area contributed by atoms with Gasteiger partial charge in [-0.3, -0.25) is 9.69 Å². The minimum Gasteiger partial charge on any atom is -0.378 e. The van der Waals surface area contributed by atoms with Gasteiger partial charge in [0.2, 0.25) is 5.91 Å². The van der Waals surface area contributed by atoms with Crippen molar-refractivity contribution < 1.29 is 14.3 Å². The van der Waals surface area contributed by atoms with Gasteiger partial charge in [0.1, 0.15) is 0 Å². The third kappa shape index (κ3) is 1.64. The number of rotatable bonds is 3. The SMILES string of the molecule is CCCN1C(=O)N(C2CCC2)C(=O)C2COCC21. The van der Waals surface area contributed by atoms with Gasteiger partial charge in [-0.2, -0.15) is 0 Å². The van der Waals surface area contributed by atoms with Gasteiger partial charge < -0.3 is 9.64 Å². The Kier molecular flexibility index (Phi) is 3.01. The molecule has 0 N–H and O–H groups in total. The van der Waals surface area contributed by atoms with Crippen molar-refractivity contribution in [1.82, 2.24) is 9.80 Å². The van der Waals surface area contributed by atoms with Crippen molar-refractivity contribution in [3.8, 4) is 0 Å². The minimum atomic E-state index is -0.130. The Labute approximate surface area is 107 Å². The van der Waals surface area contributed by atoms with Crippen LogP contribution in [-0.4, -0.2) is 53.6 Å². The second-order valence-corrected chi connectivity index (χ2v) is 5.48. The zero-order chi connectivity index (χ0) is 12.7. The molecule has 0 spiro atoms. The highest BCUT2D eigenvalue weighted by Crippen LogP contribution is 2.34. The molecule has 2 saturated heterocycles. The van der Waals surface area contributed by atoms with Crippen LogP contribution in [0.15, 0.2) is 0 Å². The van der Waals surface area contributed by atoms with Gasteiger partial charge in [-0.1, -0.05) is 6.92 Å². The van der Waals surface area contributed by atoms with Gasteiger partial charge in [0, 0.05) is 12.6 Å². The third-order valence-electron chi connectivity index (χ3n) is 4.36. The maximum absolute atomic E-state index is 12.5. The molecule has 2 heterocycles. The standard InChI is InChI=1S/C13H20N2O3/c1-2-6-14-11-8-18-7-10(11)12(16)15(13(14)17)9-4-3-5-9/h9-11H,2-8H2,1H3. The zero-order valence-corrected chi connectivity index (χ0v) is 10.8. The van der Waals surface area contributed by atoms with Crippen molar-refractivity contribution in [2.24, 2.45) is 5.92 Å². The van der Waals surface area contributed by atoms with Crippen molar-refractivity contribution >= 4 is 11.9 Å². The second kappa shape index (κ2) is 4.53.